The van der Waals surface area contributed by atoms with E-state index in [1.807, 2.05) is 6.07 Å². The number of fused-ring (bicyclic) bond motifs is 1. The van der Waals surface area contributed by atoms with Crippen molar-refractivity contribution in [3.8, 4) is 6.07 Å². The van der Waals surface area contributed by atoms with E-state index in [-0.39, 0.29) is 24.9 Å². The van der Waals surface area contributed by atoms with Crippen LogP contribution in [0.25, 0.3) is 0 Å². The molecule has 2 amide bonds. The molecule has 1 aliphatic heterocycles. The smallest absolute Gasteiger partial charge is 0.261 e. The Labute approximate surface area is 121 Å². The highest BCUT2D eigenvalue weighted by molar-refractivity contribution is 6.21. The van der Waals surface area contributed by atoms with E-state index in [9.17, 15) is 9.59 Å². The third-order valence-corrected chi connectivity index (χ3v) is 3.48. The zero-order chi connectivity index (χ0) is 14.8. The van der Waals surface area contributed by atoms with Gasteiger partial charge < -0.3 is 4.57 Å². The number of amides is 2. The largest absolute Gasteiger partial charge is 0.321 e. The van der Waals surface area contributed by atoms with Crippen LogP contribution in [0.3, 0.4) is 0 Å². The average Bonchev–Trinajstić information content (AvgIpc) is 3.03. The Balaban J connectivity index is 1.76. The molecule has 0 aliphatic carbocycles. The highest BCUT2D eigenvalue weighted by atomic mass is 16.2. The van der Waals surface area contributed by atoms with Gasteiger partial charge in [-0.25, -0.2) is 4.98 Å². The summed E-state index contributed by atoms with van der Waals surface area (Å²) in [7, 11) is 0. The summed E-state index contributed by atoms with van der Waals surface area (Å²) >= 11 is 0. The van der Waals surface area contributed by atoms with Crippen LogP contribution in [0.1, 0.15) is 26.5 Å². The zero-order valence-electron chi connectivity index (χ0n) is 11.2. The van der Waals surface area contributed by atoms with Crippen molar-refractivity contribution in [2.45, 2.75) is 13.0 Å². The molecule has 2 aromatic rings. The maximum Gasteiger partial charge on any atom is 0.261 e. The van der Waals surface area contributed by atoms with E-state index in [0.717, 1.165) is 0 Å². The summed E-state index contributed by atoms with van der Waals surface area (Å²) in [5, 5.41) is 8.73. The predicted molar refractivity (Wildman–Crippen MR) is 73.4 cm³/mol. The fraction of sp³-hybridized carbons (Fsp3) is 0.200. The molecule has 0 fully saturated rings. The molecule has 1 aromatic heterocycles. The van der Waals surface area contributed by atoms with Gasteiger partial charge in [-0.05, 0) is 12.1 Å². The molecule has 1 aromatic carbocycles. The van der Waals surface area contributed by atoms with Crippen molar-refractivity contribution >= 4 is 11.8 Å². The van der Waals surface area contributed by atoms with Crippen molar-refractivity contribution in [2.24, 2.45) is 0 Å². The number of aromatic nitrogens is 2. The van der Waals surface area contributed by atoms with Gasteiger partial charge in [0.25, 0.3) is 11.8 Å². The Morgan fingerprint density at radius 1 is 1.14 bits per heavy atom. The van der Waals surface area contributed by atoms with Gasteiger partial charge in [-0.15, -0.1) is 0 Å². The third kappa shape index (κ3) is 2.19. The molecule has 1 aliphatic rings. The first kappa shape index (κ1) is 13.1. The van der Waals surface area contributed by atoms with Crippen molar-refractivity contribution in [1.29, 1.82) is 5.26 Å². The number of hydrogen-bond acceptors (Lipinski definition) is 4. The molecular formula is C15H12N4O2. The molecule has 0 unspecified atom stereocenters. The van der Waals surface area contributed by atoms with Gasteiger partial charge in [0.1, 0.15) is 12.4 Å². The van der Waals surface area contributed by atoms with Gasteiger partial charge in [0.05, 0.1) is 17.2 Å². The van der Waals surface area contributed by atoms with Crippen LogP contribution in [0.15, 0.2) is 36.7 Å². The normalized spacial score (nSPS) is 13.4. The summed E-state index contributed by atoms with van der Waals surface area (Å²) in [5.74, 6) is 0.149. The van der Waals surface area contributed by atoms with Gasteiger partial charge >= 0.3 is 0 Å². The standard InChI is InChI=1S/C15H12N4O2/c16-6-9-18-10-7-17-13(18)5-8-19-14(20)11-3-1-2-4-12(11)15(19)21/h1-4,7,10H,5,8-9H2. The van der Waals surface area contributed by atoms with Crippen LogP contribution >= 0.6 is 0 Å². The van der Waals surface area contributed by atoms with Gasteiger partial charge in [-0.2, -0.15) is 5.26 Å². The van der Waals surface area contributed by atoms with Gasteiger partial charge in [0.15, 0.2) is 0 Å². The van der Waals surface area contributed by atoms with E-state index >= 15 is 0 Å². The second-order valence-electron chi connectivity index (χ2n) is 4.69. The number of hydrogen-bond donors (Lipinski definition) is 0. The molecule has 6 nitrogen and oxygen atoms in total. The van der Waals surface area contributed by atoms with Crippen LogP contribution < -0.4 is 0 Å². The minimum atomic E-state index is -0.269. The molecule has 0 atom stereocenters. The lowest BCUT2D eigenvalue weighted by molar-refractivity contribution is 0.0655. The number of imide groups is 1. The van der Waals surface area contributed by atoms with E-state index in [0.29, 0.717) is 23.4 Å². The second-order valence-corrected chi connectivity index (χ2v) is 4.69. The summed E-state index contributed by atoms with van der Waals surface area (Å²) in [4.78, 5) is 29.8. The fourth-order valence-corrected chi connectivity index (χ4v) is 2.44. The SMILES string of the molecule is N#CCn1ccnc1CCN1C(=O)c2ccccc2C1=O. The zero-order valence-corrected chi connectivity index (χ0v) is 11.2. The summed E-state index contributed by atoms with van der Waals surface area (Å²) in [6.07, 6.45) is 3.75. The van der Waals surface area contributed by atoms with E-state index < -0.39 is 0 Å². The topological polar surface area (TPSA) is 79.0 Å². The number of carbonyl (C=O) groups excluding carboxylic acids is 2. The first-order valence-corrected chi connectivity index (χ1v) is 6.54. The Hall–Kier alpha value is -2.94. The monoisotopic (exact) mass is 280 g/mol. The van der Waals surface area contributed by atoms with Gasteiger partial charge in [0.2, 0.25) is 0 Å². The number of carbonyl (C=O) groups is 2. The second kappa shape index (κ2) is 5.21. The van der Waals surface area contributed by atoms with E-state index in [2.05, 4.69) is 4.98 Å². The lowest BCUT2D eigenvalue weighted by Crippen LogP contribution is -2.32. The van der Waals surface area contributed by atoms with Crippen molar-refractivity contribution in [2.75, 3.05) is 6.54 Å². The molecule has 3 rings (SSSR count). The number of rotatable bonds is 4. The Bertz CT molecular complexity index is 722. The van der Waals surface area contributed by atoms with Crippen LogP contribution in [0, 0.1) is 11.3 Å². The predicted octanol–water partition coefficient (Wildman–Crippen LogP) is 1.25. The van der Waals surface area contributed by atoms with Gasteiger partial charge in [-0.3, -0.25) is 14.5 Å². The summed E-state index contributed by atoms with van der Waals surface area (Å²) in [6.45, 7) is 0.465. The maximum atomic E-state index is 12.2. The van der Waals surface area contributed by atoms with Crippen molar-refractivity contribution in [1.82, 2.24) is 14.5 Å². The van der Waals surface area contributed by atoms with Crippen molar-refractivity contribution in [3.05, 3.63) is 53.6 Å². The number of nitrogens with zero attached hydrogens (tertiary/aromatic N) is 4. The first-order chi connectivity index (χ1) is 10.2. The Kier molecular flexibility index (Phi) is 3.24. The summed E-state index contributed by atoms with van der Waals surface area (Å²) < 4.78 is 1.71. The van der Waals surface area contributed by atoms with Crippen LogP contribution in [0.4, 0.5) is 0 Å². The highest BCUT2D eigenvalue weighted by Crippen LogP contribution is 2.22. The molecule has 21 heavy (non-hydrogen) atoms. The minimum Gasteiger partial charge on any atom is -0.321 e. The molecule has 0 saturated heterocycles. The molecule has 6 heteroatoms. The van der Waals surface area contributed by atoms with E-state index in [4.69, 9.17) is 5.26 Å². The van der Waals surface area contributed by atoms with Gasteiger partial charge in [0, 0.05) is 25.4 Å². The minimum absolute atomic E-state index is 0.206. The van der Waals surface area contributed by atoms with Crippen molar-refractivity contribution in [3.63, 3.8) is 0 Å². The van der Waals surface area contributed by atoms with Crippen LogP contribution in [-0.4, -0.2) is 32.8 Å². The van der Waals surface area contributed by atoms with E-state index in [1.54, 1.807) is 41.2 Å². The average molecular weight is 280 g/mol. The van der Waals surface area contributed by atoms with E-state index in [1.165, 1.54) is 4.90 Å². The quantitative estimate of drug-likeness (QED) is 0.789. The lowest BCUT2D eigenvalue weighted by atomic mass is 10.1. The number of nitriles is 1. The van der Waals surface area contributed by atoms with Crippen LogP contribution in [0.5, 0.6) is 0 Å². The molecule has 0 bridgehead atoms. The molecule has 0 N–H and O–H groups in total. The molecule has 0 spiro atoms. The maximum absolute atomic E-state index is 12.2. The summed E-state index contributed by atoms with van der Waals surface area (Å²) in [5.41, 5.74) is 0.894. The lowest BCUT2D eigenvalue weighted by Gasteiger charge is -2.13. The first-order valence-electron chi connectivity index (χ1n) is 6.54. The molecular weight excluding hydrogens is 268 g/mol. The Morgan fingerprint density at radius 2 is 1.81 bits per heavy atom. The van der Waals surface area contributed by atoms with Crippen LogP contribution in [0.2, 0.25) is 0 Å². The van der Waals surface area contributed by atoms with Gasteiger partial charge in [-0.1, -0.05) is 12.1 Å². The molecule has 104 valence electrons. The molecule has 0 radical (unpaired) electrons. The third-order valence-electron chi connectivity index (χ3n) is 3.48. The van der Waals surface area contributed by atoms with Crippen LogP contribution in [-0.2, 0) is 13.0 Å². The Morgan fingerprint density at radius 3 is 2.43 bits per heavy atom. The molecule has 2 heterocycles. The number of benzene rings is 1. The van der Waals surface area contributed by atoms with Crippen molar-refractivity contribution < 1.29 is 9.59 Å². The fourth-order valence-electron chi connectivity index (χ4n) is 2.44. The summed E-state index contributed by atoms with van der Waals surface area (Å²) in [6, 6.07) is 8.85. The number of imidazole rings is 1. The molecule has 0 saturated carbocycles. The highest BCUT2D eigenvalue weighted by Gasteiger charge is 2.34.